The number of carbonyl (C=O) groups is 2. The Kier molecular flexibility index (Phi) is 11.3. The number of rotatable bonds is 14. The number of anilines is 1. The van der Waals surface area contributed by atoms with Crippen LogP contribution in [0, 0.1) is 6.92 Å². The van der Waals surface area contributed by atoms with Crippen LogP contribution in [0.1, 0.15) is 49.8 Å². The van der Waals surface area contributed by atoms with E-state index in [1.807, 2.05) is 75.4 Å². The summed E-state index contributed by atoms with van der Waals surface area (Å²) in [5.41, 5.74) is 3.39. The van der Waals surface area contributed by atoms with Gasteiger partial charge >= 0.3 is 0 Å². The maximum atomic E-state index is 14.0. The molecule has 9 nitrogen and oxygen atoms in total. The summed E-state index contributed by atoms with van der Waals surface area (Å²) in [6.07, 6.45) is 2.58. The molecule has 0 bridgehead atoms. The van der Waals surface area contributed by atoms with Gasteiger partial charge in [0.1, 0.15) is 19.3 Å². The van der Waals surface area contributed by atoms with Gasteiger partial charge in [-0.05, 0) is 49.9 Å². The van der Waals surface area contributed by atoms with Crippen LogP contribution in [-0.2, 0) is 32.6 Å². The van der Waals surface area contributed by atoms with Crippen molar-refractivity contribution in [2.45, 2.75) is 65.1 Å². The van der Waals surface area contributed by atoms with E-state index in [1.54, 1.807) is 23.1 Å². The molecular weight excluding hydrogens is 578 g/mol. The first kappa shape index (κ1) is 32.9. The van der Waals surface area contributed by atoms with Crippen molar-refractivity contribution in [1.29, 1.82) is 0 Å². The van der Waals surface area contributed by atoms with Crippen LogP contribution in [0.25, 0.3) is 0 Å². The van der Waals surface area contributed by atoms with Gasteiger partial charge in [0.2, 0.25) is 21.8 Å². The Balaban J connectivity index is 1.58. The lowest BCUT2D eigenvalue weighted by atomic mass is 10.0. The number of fused-ring (bicyclic) bond motifs is 1. The molecule has 3 aromatic rings. The molecule has 0 saturated carbocycles. The number of nitrogens with one attached hydrogen (secondary N) is 1. The van der Waals surface area contributed by atoms with Gasteiger partial charge in [0.15, 0.2) is 11.5 Å². The zero-order valence-corrected chi connectivity index (χ0v) is 26.8. The van der Waals surface area contributed by atoms with Crippen LogP contribution in [0.3, 0.4) is 0 Å². The third kappa shape index (κ3) is 8.98. The first-order valence-corrected chi connectivity index (χ1v) is 17.0. The van der Waals surface area contributed by atoms with Gasteiger partial charge < -0.3 is 19.7 Å². The zero-order valence-electron chi connectivity index (χ0n) is 26.0. The molecule has 3 aromatic carbocycles. The summed E-state index contributed by atoms with van der Waals surface area (Å²) in [6.45, 7) is 7.11. The van der Waals surface area contributed by atoms with Gasteiger partial charge in [-0.3, -0.25) is 13.9 Å². The highest BCUT2D eigenvalue weighted by Gasteiger charge is 2.31. The number of nitrogens with zero attached hydrogens (tertiary/aromatic N) is 2. The number of aryl methyl sites for hydroxylation is 1. The Morgan fingerprint density at radius 2 is 1.61 bits per heavy atom. The Morgan fingerprint density at radius 3 is 2.27 bits per heavy atom. The van der Waals surface area contributed by atoms with Crippen molar-refractivity contribution in [1.82, 2.24) is 10.2 Å². The molecule has 10 heteroatoms. The van der Waals surface area contributed by atoms with Gasteiger partial charge in [-0.2, -0.15) is 0 Å². The summed E-state index contributed by atoms with van der Waals surface area (Å²) < 4.78 is 38.1. The average Bonchev–Trinajstić information content (AvgIpc) is 3.01. The van der Waals surface area contributed by atoms with Crippen molar-refractivity contribution in [2.24, 2.45) is 0 Å². The highest BCUT2D eigenvalue weighted by molar-refractivity contribution is 7.92. The molecule has 0 radical (unpaired) electrons. The number of hydrogen-bond acceptors (Lipinski definition) is 6. The van der Waals surface area contributed by atoms with E-state index in [1.165, 1.54) is 4.31 Å². The number of hydrogen-bond donors (Lipinski definition) is 1. The highest BCUT2D eigenvalue weighted by atomic mass is 32.2. The number of benzene rings is 3. The molecule has 0 unspecified atom stereocenters. The predicted octanol–water partition coefficient (Wildman–Crippen LogP) is 4.87. The van der Waals surface area contributed by atoms with Gasteiger partial charge in [0, 0.05) is 38.0 Å². The van der Waals surface area contributed by atoms with Crippen molar-refractivity contribution in [2.75, 3.05) is 30.3 Å². The Hall–Kier alpha value is -4.05. The summed E-state index contributed by atoms with van der Waals surface area (Å²) in [4.78, 5) is 29.4. The van der Waals surface area contributed by atoms with Crippen LogP contribution in [-0.4, -0.2) is 63.2 Å². The van der Waals surface area contributed by atoms with Crippen LogP contribution in [0.4, 0.5) is 5.69 Å². The number of amides is 2. The molecule has 1 aliphatic heterocycles. The van der Waals surface area contributed by atoms with E-state index in [2.05, 4.69) is 5.32 Å². The normalized spacial score (nSPS) is 13.9. The van der Waals surface area contributed by atoms with Gasteiger partial charge in [-0.25, -0.2) is 8.42 Å². The van der Waals surface area contributed by atoms with E-state index in [0.717, 1.165) is 29.4 Å². The second kappa shape index (κ2) is 15.1. The van der Waals surface area contributed by atoms with Crippen LogP contribution in [0.15, 0.2) is 72.8 Å². The summed E-state index contributed by atoms with van der Waals surface area (Å²) in [6, 6.07) is 21.8. The van der Waals surface area contributed by atoms with Crippen molar-refractivity contribution < 1.29 is 27.5 Å². The fourth-order valence-electron chi connectivity index (χ4n) is 5.08. The topological polar surface area (TPSA) is 105 Å². The molecule has 2 atom stereocenters. The van der Waals surface area contributed by atoms with Gasteiger partial charge in [-0.1, -0.05) is 67.1 Å². The summed E-state index contributed by atoms with van der Waals surface area (Å²) in [5, 5.41) is 3.08. The van der Waals surface area contributed by atoms with Crippen molar-refractivity contribution in [3.8, 4) is 11.5 Å². The largest absolute Gasteiger partial charge is 0.486 e. The van der Waals surface area contributed by atoms with Crippen molar-refractivity contribution >= 4 is 27.5 Å². The smallest absolute Gasteiger partial charge is 0.243 e. The second-order valence-electron chi connectivity index (χ2n) is 11.3. The third-order valence-corrected chi connectivity index (χ3v) is 8.91. The SMILES string of the molecule is CC[C@@H](C)NC(=O)[C@@H](Cc1ccccc1)N(Cc1ccc(C)cc1)C(=O)CCCN(c1ccc2c(c1)OCCO2)S(C)(=O)=O. The average molecular weight is 622 g/mol. The van der Waals surface area contributed by atoms with Crippen LogP contribution < -0.4 is 19.1 Å². The summed E-state index contributed by atoms with van der Waals surface area (Å²) >= 11 is 0. The maximum Gasteiger partial charge on any atom is 0.243 e. The van der Waals surface area contributed by atoms with Gasteiger partial charge in [0.05, 0.1) is 11.9 Å². The molecule has 236 valence electrons. The fourth-order valence-corrected chi connectivity index (χ4v) is 6.03. The highest BCUT2D eigenvalue weighted by Crippen LogP contribution is 2.35. The minimum Gasteiger partial charge on any atom is -0.486 e. The first-order chi connectivity index (χ1) is 21.0. The van der Waals surface area contributed by atoms with E-state index >= 15 is 0 Å². The van der Waals surface area contributed by atoms with Gasteiger partial charge in [0.25, 0.3) is 0 Å². The number of ether oxygens (including phenoxy) is 2. The molecule has 1 heterocycles. The van der Waals surface area contributed by atoms with E-state index < -0.39 is 16.1 Å². The minimum atomic E-state index is -3.65. The second-order valence-corrected chi connectivity index (χ2v) is 13.2. The maximum absolute atomic E-state index is 14.0. The van der Waals surface area contributed by atoms with Crippen molar-refractivity contribution in [3.63, 3.8) is 0 Å². The Bertz CT molecular complexity index is 1510. The monoisotopic (exact) mass is 621 g/mol. The quantitative estimate of drug-likeness (QED) is 0.276. The first-order valence-electron chi connectivity index (χ1n) is 15.1. The summed E-state index contributed by atoms with van der Waals surface area (Å²) in [5.74, 6) is 0.619. The zero-order chi connectivity index (χ0) is 31.7. The lowest BCUT2D eigenvalue weighted by Crippen LogP contribution is -2.52. The molecule has 4 rings (SSSR count). The van der Waals surface area contributed by atoms with Crippen molar-refractivity contribution in [3.05, 3.63) is 89.5 Å². The van der Waals surface area contributed by atoms with Crippen LogP contribution in [0.5, 0.6) is 11.5 Å². The Labute approximate surface area is 261 Å². The number of sulfonamides is 1. The van der Waals surface area contributed by atoms with E-state index in [-0.39, 0.29) is 43.8 Å². The lowest BCUT2D eigenvalue weighted by Gasteiger charge is -2.33. The molecule has 0 saturated heterocycles. The fraction of sp³-hybridized carbons (Fsp3) is 0.412. The molecule has 0 spiro atoms. The molecule has 0 fully saturated rings. The van der Waals surface area contributed by atoms with Crippen LogP contribution in [0.2, 0.25) is 0 Å². The standard InChI is InChI=1S/C34H43N3O6S/c1-5-26(3)35-34(39)30(22-27-10-7-6-8-11-27)36(24-28-15-13-25(2)14-16-28)33(38)12-9-19-37(44(4,40)41)29-17-18-31-32(23-29)43-21-20-42-31/h6-8,10-11,13-18,23,26,30H,5,9,12,19-22,24H2,1-4H3,(H,35,39)/t26-,30-/m1/s1. The Morgan fingerprint density at radius 1 is 0.932 bits per heavy atom. The van der Waals surface area contributed by atoms with E-state index in [9.17, 15) is 18.0 Å². The number of carbonyl (C=O) groups excluding carboxylic acids is 2. The summed E-state index contributed by atoms with van der Waals surface area (Å²) in [7, 11) is -3.65. The third-order valence-electron chi connectivity index (χ3n) is 7.71. The molecule has 0 aromatic heterocycles. The van der Waals surface area contributed by atoms with E-state index in [4.69, 9.17) is 9.47 Å². The molecular formula is C34H43N3O6S. The predicted molar refractivity (Wildman–Crippen MR) is 172 cm³/mol. The van der Waals surface area contributed by atoms with E-state index in [0.29, 0.717) is 36.8 Å². The molecule has 1 N–H and O–H groups in total. The lowest BCUT2D eigenvalue weighted by molar-refractivity contribution is -0.141. The minimum absolute atomic E-state index is 0.0496. The molecule has 1 aliphatic rings. The molecule has 44 heavy (non-hydrogen) atoms. The van der Waals surface area contributed by atoms with Gasteiger partial charge in [-0.15, -0.1) is 0 Å². The molecule has 0 aliphatic carbocycles. The molecule has 2 amide bonds. The van der Waals surface area contributed by atoms with Crippen LogP contribution >= 0.6 is 0 Å².